The molecule has 0 atom stereocenters. The van der Waals surface area contributed by atoms with E-state index in [-0.39, 0.29) is 59.5 Å². The molecule has 2 aromatic heterocycles. The highest BCUT2D eigenvalue weighted by Gasteiger charge is 2.22. The molecule has 0 fully saturated rings. The van der Waals surface area contributed by atoms with Gasteiger partial charge in [-0.3, -0.25) is 0 Å². The first kappa shape index (κ1) is 37.9. The Kier molecular flexibility index (Phi) is 9.03. The molecule has 0 bridgehead atoms. The second-order valence-electron chi connectivity index (χ2n) is 20.6. The molecule has 0 N–H and O–H groups in total. The van der Waals surface area contributed by atoms with Gasteiger partial charge in [0.25, 0.3) is 0 Å². The van der Waals surface area contributed by atoms with Crippen LogP contribution < -0.4 is 0 Å². The van der Waals surface area contributed by atoms with Crippen LogP contribution in [0.25, 0.3) is 165 Å². The predicted molar refractivity (Wildman–Crippen MR) is 348 cm³/mol. The number of benzene rings is 15. The first-order valence-electron chi connectivity index (χ1n) is 32.3. The van der Waals surface area contributed by atoms with E-state index in [1.165, 1.54) is 5.39 Å². The number of fused-ring (bicyclic) bond motifs is 11. The average molecular weight is 1050 g/mol. The second kappa shape index (κ2) is 19.5. The average Bonchev–Trinajstić information content (AvgIpc) is 0.837. The molecule has 0 spiro atoms. The summed E-state index contributed by atoms with van der Waals surface area (Å²) in [6.45, 7) is 0. The van der Waals surface area contributed by atoms with Crippen LogP contribution in [0.4, 0.5) is 0 Å². The Morgan fingerprint density at radius 1 is 0.220 bits per heavy atom. The maximum absolute atomic E-state index is 8.89. The van der Waals surface area contributed by atoms with Crippen LogP contribution in [0, 0.1) is 0 Å². The van der Waals surface area contributed by atoms with Crippen LogP contribution in [0.5, 0.6) is 0 Å². The second-order valence-corrected chi connectivity index (χ2v) is 20.6. The molecule has 0 radical (unpaired) electrons. The topological polar surface area (TPSA) is 26.3 Å². The van der Waals surface area contributed by atoms with Crippen molar-refractivity contribution in [1.82, 2.24) is 0 Å². The molecule has 2 nitrogen and oxygen atoms in total. The van der Waals surface area contributed by atoms with Crippen molar-refractivity contribution in [3.8, 4) is 66.8 Å². The normalized spacial score (nSPS) is 13.4. The van der Waals surface area contributed by atoms with Gasteiger partial charge in [-0.25, -0.2) is 0 Å². The summed E-state index contributed by atoms with van der Waals surface area (Å²) in [5, 5.41) is 13.4. The summed E-state index contributed by atoms with van der Waals surface area (Å²) in [5.41, 5.74) is 13.2. The summed E-state index contributed by atoms with van der Waals surface area (Å²) in [7, 11) is 0. The van der Waals surface area contributed by atoms with Crippen molar-refractivity contribution in [2.24, 2.45) is 0 Å². The highest BCUT2D eigenvalue weighted by atomic mass is 16.3. The lowest BCUT2D eigenvalue weighted by atomic mass is 9.85. The molecule has 0 aliphatic heterocycles. The maximum atomic E-state index is 8.89. The smallest absolute Gasteiger partial charge is 0.143 e. The van der Waals surface area contributed by atoms with E-state index < -0.39 is 12.1 Å². The van der Waals surface area contributed by atoms with E-state index in [1.807, 2.05) is 133 Å². The Morgan fingerprint density at radius 3 is 1.24 bits per heavy atom. The molecule has 0 unspecified atom stereocenters. The minimum absolute atomic E-state index is 0.202. The molecular weight excluding hydrogens is 993 g/mol. The van der Waals surface area contributed by atoms with Gasteiger partial charge in [0.05, 0.1) is 13.7 Å². The molecule has 2 heteroatoms. The summed E-state index contributed by atoms with van der Waals surface area (Å²) >= 11 is 0. The minimum atomic E-state index is -0.402. The molecular formula is C80H50O2. The van der Waals surface area contributed by atoms with Gasteiger partial charge in [-0.15, -0.1) is 0 Å². The van der Waals surface area contributed by atoms with Gasteiger partial charge in [0.1, 0.15) is 22.3 Å². The zero-order chi connectivity index (χ0) is 62.8. The van der Waals surface area contributed by atoms with Crippen LogP contribution in [0.15, 0.2) is 312 Å². The Balaban J connectivity index is 0.000000147. The number of rotatable bonds is 6. The lowest BCUT2D eigenvalue weighted by molar-refractivity contribution is 0.669. The molecule has 17 rings (SSSR count). The third-order valence-corrected chi connectivity index (χ3v) is 16.1. The van der Waals surface area contributed by atoms with Gasteiger partial charge >= 0.3 is 0 Å². The molecule has 0 aliphatic carbocycles. The SMILES string of the molecule is [2H]c1c([2H])c([2H])c(-c2c3ccccc3c(-c3cc(-c4ccc5ccccc5c4)c4oc5ccccc5c4c3)c3ccccc23)c([2H])c1[2H].[2H]c1c([2H])c([2H])c(-c2c3ccccc3c(-c3ccc4oc5cc(-c6ccccc6)ccc5c4c3)c3ccccc23)c([2H])c1[2H]. The standard InChI is InChI=1S/C42H26O.C38H24O/c1-2-13-28(14-3-1)40-33-17-6-8-19-35(33)41(36-20-9-7-18-34(36)40)31-25-37(30-23-22-27-12-4-5-15-29(27)24-30)42-38(26-31)32-16-10-11-21-39(32)43-42;1-3-11-25(12-4-1)27-19-21-29-34-23-28(20-22-35(34)39-36(29)24-27)38-32-17-9-7-15-30(32)37(26-13-5-2-6-14-26)31-16-8-10-18-33(31)38/h1-26H;1-24H/i1D,2D,3D,13D,14D;2D,5D,6D,13D,14D. The molecule has 0 amide bonds. The lowest BCUT2D eigenvalue weighted by Crippen LogP contribution is -1.91. The maximum Gasteiger partial charge on any atom is 0.143 e. The molecule has 382 valence electrons. The summed E-state index contributed by atoms with van der Waals surface area (Å²) in [6, 6.07) is 78.9. The van der Waals surface area contributed by atoms with Crippen molar-refractivity contribution in [2.45, 2.75) is 0 Å². The van der Waals surface area contributed by atoms with E-state index in [0.29, 0.717) is 11.1 Å². The van der Waals surface area contributed by atoms with Crippen LogP contribution in [0.2, 0.25) is 0 Å². The molecule has 82 heavy (non-hydrogen) atoms. The van der Waals surface area contributed by atoms with E-state index in [2.05, 4.69) is 109 Å². The Bertz CT molecular complexity index is 5800. The molecule has 0 saturated heterocycles. The number of hydrogen-bond donors (Lipinski definition) is 0. The van der Waals surface area contributed by atoms with Crippen LogP contribution in [0.3, 0.4) is 0 Å². The van der Waals surface area contributed by atoms with Crippen molar-refractivity contribution >= 4 is 97.7 Å². The predicted octanol–water partition coefficient (Wildman–Crippen LogP) is 22.9. The summed E-state index contributed by atoms with van der Waals surface area (Å²) < 4.78 is 98.1. The van der Waals surface area contributed by atoms with Crippen LogP contribution >= 0.6 is 0 Å². The lowest BCUT2D eigenvalue weighted by Gasteiger charge is -2.18. The fourth-order valence-corrected chi connectivity index (χ4v) is 12.5. The summed E-state index contributed by atoms with van der Waals surface area (Å²) in [6.07, 6.45) is 0. The molecule has 0 saturated carbocycles. The Morgan fingerprint density at radius 2 is 0.659 bits per heavy atom. The van der Waals surface area contributed by atoms with Crippen LogP contribution in [0.1, 0.15) is 13.7 Å². The van der Waals surface area contributed by atoms with E-state index in [9.17, 15) is 0 Å². The fourth-order valence-electron chi connectivity index (χ4n) is 12.5. The van der Waals surface area contributed by atoms with E-state index >= 15 is 0 Å². The third-order valence-electron chi connectivity index (χ3n) is 16.1. The minimum Gasteiger partial charge on any atom is -0.456 e. The van der Waals surface area contributed by atoms with Gasteiger partial charge in [0.15, 0.2) is 0 Å². The van der Waals surface area contributed by atoms with Gasteiger partial charge in [-0.1, -0.05) is 255 Å². The van der Waals surface area contributed by atoms with Gasteiger partial charge in [-0.2, -0.15) is 0 Å². The zero-order valence-electron chi connectivity index (χ0n) is 53.9. The van der Waals surface area contributed by atoms with Crippen molar-refractivity contribution in [2.75, 3.05) is 0 Å². The van der Waals surface area contributed by atoms with E-state index in [4.69, 9.17) is 22.5 Å². The summed E-state index contributed by atoms with van der Waals surface area (Å²) in [4.78, 5) is 0. The van der Waals surface area contributed by atoms with Crippen molar-refractivity contribution < 1.29 is 22.5 Å². The van der Waals surface area contributed by atoms with Crippen molar-refractivity contribution in [3.05, 3.63) is 303 Å². The van der Waals surface area contributed by atoms with Crippen molar-refractivity contribution in [3.63, 3.8) is 0 Å². The number of furan rings is 2. The Hall–Kier alpha value is -10.8. The Labute approximate surface area is 488 Å². The quantitative estimate of drug-likeness (QED) is 0.155. The van der Waals surface area contributed by atoms with Gasteiger partial charge in [0.2, 0.25) is 0 Å². The number of hydrogen-bond acceptors (Lipinski definition) is 2. The molecule has 0 aliphatic rings. The van der Waals surface area contributed by atoms with E-state index in [1.54, 1.807) is 0 Å². The van der Waals surface area contributed by atoms with Gasteiger partial charge in [0, 0.05) is 27.1 Å². The highest BCUT2D eigenvalue weighted by Crippen LogP contribution is 2.48. The molecule has 2 heterocycles. The van der Waals surface area contributed by atoms with Crippen molar-refractivity contribution in [1.29, 1.82) is 0 Å². The van der Waals surface area contributed by atoms with Crippen LogP contribution in [-0.4, -0.2) is 0 Å². The fraction of sp³-hybridized carbons (Fsp3) is 0. The summed E-state index contributed by atoms with van der Waals surface area (Å²) in [5.74, 6) is 0. The number of para-hydroxylation sites is 1. The largest absolute Gasteiger partial charge is 0.456 e. The zero-order valence-corrected chi connectivity index (χ0v) is 43.9. The van der Waals surface area contributed by atoms with Gasteiger partial charge < -0.3 is 8.83 Å². The highest BCUT2D eigenvalue weighted by molar-refractivity contribution is 6.24. The first-order valence-corrected chi connectivity index (χ1v) is 27.3. The first-order chi connectivity index (χ1) is 44.8. The van der Waals surface area contributed by atoms with E-state index in [0.717, 1.165) is 137 Å². The molecule has 17 aromatic rings. The van der Waals surface area contributed by atoms with Crippen LogP contribution in [-0.2, 0) is 0 Å². The van der Waals surface area contributed by atoms with Gasteiger partial charge in [-0.05, 0) is 164 Å². The monoisotopic (exact) mass is 1050 g/mol. The molecule has 15 aromatic carbocycles. The third kappa shape index (κ3) is 7.87.